The molecule has 1 saturated heterocycles. The van der Waals surface area contributed by atoms with Gasteiger partial charge < -0.3 is 19.6 Å². The number of piperazine rings is 1. The molecule has 0 spiro atoms. The van der Waals surface area contributed by atoms with E-state index in [1.165, 1.54) is 41.3 Å². The molecule has 196 valence electrons. The highest BCUT2D eigenvalue weighted by molar-refractivity contribution is 5.67. The summed E-state index contributed by atoms with van der Waals surface area (Å²) in [5.41, 5.74) is -3.14. The Bertz CT molecular complexity index is 1300. The van der Waals surface area contributed by atoms with E-state index in [0.717, 1.165) is 18.2 Å². The SMILES string of the molecule is O=[N+]([O-])c1cc(C(F)(F)F)c(N2CCN(c3cccc(C(F)(F)F)c3)CC2)cc1Oc1ccccc1O. The topological polar surface area (TPSA) is 79.1 Å². The minimum Gasteiger partial charge on any atom is -0.504 e. The molecular formula is C24H19F6N3O4. The van der Waals surface area contributed by atoms with E-state index in [1.54, 1.807) is 4.90 Å². The number of alkyl halides is 6. The summed E-state index contributed by atoms with van der Waals surface area (Å²) in [6, 6.07) is 11.4. The Kier molecular flexibility index (Phi) is 6.80. The van der Waals surface area contributed by atoms with E-state index in [1.807, 2.05) is 0 Å². The first-order valence-corrected chi connectivity index (χ1v) is 10.9. The lowest BCUT2D eigenvalue weighted by Gasteiger charge is -2.38. The number of rotatable bonds is 5. The maximum absolute atomic E-state index is 13.9. The van der Waals surface area contributed by atoms with Crippen molar-refractivity contribution in [3.05, 3.63) is 81.9 Å². The largest absolute Gasteiger partial charge is 0.504 e. The van der Waals surface area contributed by atoms with Gasteiger partial charge in [0.25, 0.3) is 0 Å². The number of anilines is 2. The van der Waals surface area contributed by atoms with Crippen LogP contribution >= 0.6 is 0 Å². The van der Waals surface area contributed by atoms with Gasteiger partial charge in [-0.05, 0) is 30.3 Å². The van der Waals surface area contributed by atoms with E-state index in [2.05, 4.69) is 0 Å². The number of nitro groups is 1. The van der Waals surface area contributed by atoms with Crippen molar-refractivity contribution in [1.29, 1.82) is 0 Å². The Balaban J connectivity index is 1.66. The van der Waals surface area contributed by atoms with Crippen molar-refractivity contribution in [2.45, 2.75) is 12.4 Å². The predicted molar refractivity (Wildman–Crippen MR) is 122 cm³/mol. The van der Waals surface area contributed by atoms with Crippen LogP contribution in [0.25, 0.3) is 0 Å². The lowest BCUT2D eigenvalue weighted by molar-refractivity contribution is -0.385. The highest BCUT2D eigenvalue weighted by atomic mass is 19.4. The zero-order valence-corrected chi connectivity index (χ0v) is 18.9. The number of aromatic hydroxyl groups is 1. The van der Waals surface area contributed by atoms with Crippen LogP contribution in [-0.4, -0.2) is 36.2 Å². The number of ether oxygens (including phenoxy) is 1. The highest BCUT2D eigenvalue weighted by Gasteiger charge is 2.39. The predicted octanol–water partition coefficient (Wildman–Crippen LogP) is 6.46. The van der Waals surface area contributed by atoms with Gasteiger partial charge >= 0.3 is 18.0 Å². The molecule has 7 nitrogen and oxygen atoms in total. The average Bonchev–Trinajstić information content (AvgIpc) is 2.84. The molecule has 0 radical (unpaired) electrons. The van der Waals surface area contributed by atoms with Crippen molar-refractivity contribution < 1.29 is 41.1 Å². The molecule has 0 saturated carbocycles. The third-order valence-corrected chi connectivity index (χ3v) is 5.82. The first kappa shape index (κ1) is 25.9. The van der Waals surface area contributed by atoms with E-state index in [4.69, 9.17) is 4.74 Å². The van der Waals surface area contributed by atoms with Gasteiger partial charge in [-0.25, -0.2) is 0 Å². The summed E-state index contributed by atoms with van der Waals surface area (Å²) >= 11 is 0. The zero-order valence-electron chi connectivity index (χ0n) is 18.9. The Morgan fingerprint density at radius 1 is 0.811 bits per heavy atom. The summed E-state index contributed by atoms with van der Waals surface area (Å²) in [5, 5.41) is 21.5. The monoisotopic (exact) mass is 527 g/mol. The van der Waals surface area contributed by atoms with Gasteiger partial charge in [0.15, 0.2) is 11.5 Å². The number of hydrogen-bond acceptors (Lipinski definition) is 6. The van der Waals surface area contributed by atoms with Crippen LogP contribution in [0.5, 0.6) is 17.2 Å². The first-order chi connectivity index (χ1) is 17.3. The van der Waals surface area contributed by atoms with Crippen molar-refractivity contribution >= 4 is 17.1 Å². The molecule has 4 rings (SSSR count). The molecule has 1 aliphatic rings. The van der Waals surface area contributed by atoms with Crippen LogP contribution in [0.3, 0.4) is 0 Å². The summed E-state index contributed by atoms with van der Waals surface area (Å²) in [7, 11) is 0. The van der Waals surface area contributed by atoms with Crippen LogP contribution < -0.4 is 14.5 Å². The molecule has 0 bridgehead atoms. The van der Waals surface area contributed by atoms with Gasteiger partial charge in [0.1, 0.15) is 0 Å². The first-order valence-electron chi connectivity index (χ1n) is 10.9. The number of hydrogen-bond donors (Lipinski definition) is 1. The van der Waals surface area contributed by atoms with Crippen molar-refractivity contribution in [2.75, 3.05) is 36.0 Å². The van der Waals surface area contributed by atoms with Gasteiger partial charge in [-0.1, -0.05) is 18.2 Å². The van der Waals surface area contributed by atoms with Crippen LogP contribution in [0, 0.1) is 10.1 Å². The summed E-state index contributed by atoms with van der Waals surface area (Å²) in [4.78, 5) is 13.5. The Morgan fingerprint density at radius 3 is 2.05 bits per heavy atom. The number of para-hydroxylation sites is 2. The second-order valence-corrected chi connectivity index (χ2v) is 8.18. The van der Waals surface area contributed by atoms with Crippen LogP contribution in [0.1, 0.15) is 11.1 Å². The molecule has 1 aliphatic heterocycles. The molecule has 0 atom stereocenters. The molecule has 1 heterocycles. The number of nitrogens with zero attached hydrogens (tertiary/aromatic N) is 3. The van der Waals surface area contributed by atoms with Crippen LogP contribution in [0.2, 0.25) is 0 Å². The lowest BCUT2D eigenvalue weighted by Crippen LogP contribution is -2.47. The van der Waals surface area contributed by atoms with Crippen LogP contribution in [-0.2, 0) is 12.4 Å². The van der Waals surface area contributed by atoms with Gasteiger partial charge in [0.05, 0.1) is 21.7 Å². The molecule has 3 aromatic carbocycles. The van der Waals surface area contributed by atoms with Crippen molar-refractivity contribution in [1.82, 2.24) is 0 Å². The fourth-order valence-corrected chi connectivity index (χ4v) is 4.02. The summed E-state index contributed by atoms with van der Waals surface area (Å²) in [6.45, 7) is 0.191. The van der Waals surface area contributed by atoms with E-state index in [0.29, 0.717) is 6.07 Å². The molecule has 1 N–H and O–H groups in total. The average molecular weight is 527 g/mol. The Morgan fingerprint density at radius 2 is 1.46 bits per heavy atom. The number of benzene rings is 3. The molecule has 0 amide bonds. The van der Waals surface area contributed by atoms with Gasteiger partial charge in [0.2, 0.25) is 5.75 Å². The maximum Gasteiger partial charge on any atom is 0.418 e. The van der Waals surface area contributed by atoms with Crippen LogP contribution in [0.4, 0.5) is 43.4 Å². The smallest absolute Gasteiger partial charge is 0.418 e. The number of nitro benzene ring substituents is 1. The molecule has 37 heavy (non-hydrogen) atoms. The second kappa shape index (κ2) is 9.71. The van der Waals surface area contributed by atoms with Gasteiger partial charge in [-0.3, -0.25) is 10.1 Å². The molecular weight excluding hydrogens is 508 g/mol. The minimum absolute atomic E-state index is 0.00678. The Labute approximate surface area is 206 Å². The molecule has 0 unspecified atom stereocenters. The maximum atomic E-state index is 13.9. The fourth-order valence-electron chi connectivity index (χ4n) is 4.02. The molecule has 0 aromatic heterocycles. The Hall–Kier alpha value is -4.16. The lowest BCUT2D eigenvalue weighted by atomic mass is 10.1. The summed E-state index contributed by atoms with van der Waals surface area (Å²) < 4.78 is 86.4. The van der Waals surface area contributed by atoms with E-state index in [9.17, 15) is 41.6 Å². The van der Waals surface area contributed by atoms with Crippen LogP contribution in [0.15, 0.2) is 60.7 Å². The summed E-state index contributed by atoms with van der Waals surface area (Å²) in [6.07, 6.45) is -9.48. The van der Waals surface area contributed by atoms with Crippen molar-refractivity contribution in [3.8, 4) is 17.2 Å². The number of phenols is 1. The van der Waals surface area contributed by atoms with E-state index < -0.39 is 39.8 Å². The van der Waals surface area contributed by atoms with Crippen molar-refractivity contribution in [3.63, 3.8) is 0 Å². The minimum atomic E-state index is -4.94. The zero-order chi connectivity index (χ0) is 27.0. The van der Waals surface area contributed by atoms with Gasteiger partial charge in [-0.2, -0.15) is 26.3 Å². The second-order valence-electron chi connectivity index (χ2n) is 8.18. The van der Waals surface area contributed by atoms with E-state index in [-0.39, 0.29) is 49.1 Å². The number of halogens is 6. The molecule has 13 heteroatoms. The highest BCUT2D eigenvalue weighted by Crippen LogP contribution is 2.45. The van der Waals surface area contributed by atoms with Crippen molar-refractivity contribution in [2.24, 2.45) is 0 Å². The van der Waals surface area contributed by atoms with Gasteiger partial charge in [0, 0.05) is 44.0 Å². The third kappa shape index (κ3) is 5.65. The third-order valence-electron chi connectivity index (χ3n) is 5.82. The molecule has 3 aromatic rings. The fraction of sp³-hybridized carbons (Fsp3) is 0.250. The van der Waals surface area contributed by atoms with Gasteiger partial charge in [-0.15, -0.1) is 0 Å². The standard InChI is InChI=1S/C24H19F6N3O4/c25-23(26,27)15-4-3-5-16(12-15)31-8-10-32(11-9-31)18-14-22(37-21-7-2-1-6-20(21)34)19(33(35)36)13-17(18)24(28,29)30/h1-7,12-14,34H,8-11H2. The summed E-state index contributed by atoms with van der Waals surface area (Å²) in [5.74, 6) is -1.06. The molecule has 1 fully saturated rings. The quantitative estimate of drug-likeness (QED) is 0.233. The molecule has 0 aliphatic carbocycles. The normalized spacial score (nSPS) is 14.5. The van der Waals surface area contributed by atoms with E-state index >= 15 is 0 Å². The number of phenolic OH excluding ortho intramolecular Hbond substituents is 1.